The van der Waals surface area contributed by atoms with Crippen LogP contribution in [-0.4, -0.2) is 37.0 Å². The molecule has 0 unspecified atom stereocenters. The summed E-state index contributed by atoms with van der Waals surface area (Å²) in [6.45, 7) is -0.0120. The Bertz CT molecular complexity index is 911. The van der Waals surface area contributed by atoms with Crippen LogP contribution in [0.4, 0.5) is 0 Å². The zero-order valence-corrected chi connectivity index (χ0v) is 15.7. The molecule has 6 nitrogen and oxygen atoms in total. The summed E-state index contributed by atoms with van der Waals surface area (Å²) < 4.78 is 32.8. The molecule has 132 valence electrons. The van der Waals surface area contributed by atoms with Crippen LogP contribution in [0.3, 0.4) is 0 Å². The van der Waals surface area contributed by atoms with Gasteiger partial charge in [-0.1, -0.05) is 22.0 Å². The summed E-state index contributed by atoms with van der Waals surface area (Å²) in [6.07, 6.45) is 0.193. The lowest BCUT2D eigenvalue weighted by atomic mass is 9.95. The molecule has 0 aromatic heterocycles. The smallest absolute Gasteiger partial charge is 0.324 e. The van der Waals surface area contributed by atoms with Crippen LogP contribution >= 0.6 is 15.9 Å². The van der Waals surface area contributed by atoms with Gasteiger partial charge < -0.3 is 9.84 Å². The van der Waals surface area contributed by atoms with Gasteiger partial charge in [0.1, 0.15) is 11.8 Å². The quantitative estimate of drug-likeness (QED) is 0.763. The van der Waals surface area contributed by atoms with Crippen molar-refractivity contribution < 1.29 is 23.1 Å². The summed E-state index contributed by atoms with van der Waals surface area (Å²) in [5.74, 6) is -0.560. The number of benzene rings is 2. The first-order valence-corrected chi connectivity index (χ1v) is 9.72. The molecular formula is C17H16BrNO5S. The highest BCUT2D eigenvalue weighted by molar-refractivity contribution is 9.10. The predicted molar refractivity (Wildman–Crippen MR) is 94.5 cm³/mol. The molecule has 25 heavy (non-hydrogen) atoms. The van der Waals surface area contributed by atoms with Crippen molar-refractivity contribution in [2.24, 2.45) is 0 Å². The number of sulfonamides is 1. The molecule has 0 spiro atoms. The maximum atomic E-state index is 13.1. The normalized spacial score (nSPS) is 17.8. The zero-order chi connectivity index (χ0) is 18.2. The molecular weight excluding hydrogens is 410 g/mol. The predicted octanol–water partition coefficient (Wildman–Crippen LogP) is 2.44. The Balaban J connectivity index is 2.07. The summed E-state index contributed by atoms with van der Waals surface area (Å²) in [5.41, 5.74) is 1.48. The van der Waals surface area contributed by atoms with Gasteiger partial charge in [0.15, 0.2) is 0 Å². The van der Waals surface area contributed by atoms with Gasteiger partial charge in [0.2, 0.25) is 10.0 Å². The van der Waals surface area contributed by atoms with Crippen LogP contribution < -0.4 is 0 Å². The number of carbonyl (C=O) groups excluding carboxylic acids is 1. The summed E-state index contributed by atoms with van der Waals surface area (Å²) in [4.78, 5) is 12.3. The molecule has 1 heterocycles. The standard InChI is InChI=1S/C17H16BrNO5S/c1-24-17(21)16-9-11-2-5-14(20)8-12(11)10-19(16)25(22,23)15-6-3-13(18)4-7-15/h2-8,16,20H,9-10H2,1H3/t16-/m1/s1. The van der Waals surface area contributed by atoms with Crippen molar-refractivity contribution in [3.8, 4) is 5.75 Å². The van der Waals surface area contributed by atoms with E-state index in [4.69, 9.17) is 4.74 Å². The number of esters is 1. The van der Waals surface area contributed by atoms with Crippen molar-refractivity contribution in [2.45, 2.75) is 23.9 Å². The first kappa shape index (κ1) is 17.9. The van der Waals surface area contributed by atoms with E-state index >= 15 is 0 Å². The summed E-state index contributed by atoms with van der Waals surface area (Å²) >= 11 is 3.27. The third-order valence-electron chi connectivity index (χ3n) is 4.17. The molecule has 1 atom stereocenters. The first-order valence-electron chi connectivity index (χ1n) is 7.49. The van der Waals surface area contributed by atoms with E-state index in [-0.39, 0.29) is 23.6 Å². The van der Waals surface area contributed by atoms with Crippen molar-refractivity contribution in [2.75, 3.05) is 7.11 Å². The highest BCUT2D eigenvalue weighted by Gasteiger charge is 2.40. The number of hydrogen-bond donors (Lipinski definition) is 1. The number of carbonyl (C=O) groups is 1. The minimum absolute atomic E-state index is 0.0120. The lowest BCUT2D eigenvalue weighted by molar-refractivity contribution is -0.145. The second kappa shape index (κ2) is 6.78. The van der Waals surface area contributed by atoms with Gasteiger partial charge >= 0.3 is 5.97 Å². The van der Waals surface area contributed by atoms with Crippen LogP contribution in [0.25, 0.3) is 0 Å². The van der Waals surface area contributed by atoms with Gasteiger partial charge in [0, 0.05) is 17.4 Å². The molecule has 3 rings (SSSR count). The maximum absolute atomic E-state index is 13.1. The highest BCUT2D eigenvalue weighted by Crippen LogP contribution is 2.31. The highest BCUT2D eigenvalue weighted by atomic mass is 79.9. The van der Waals surface area contributed by atoms with Crippen molar-refractivity contribution >= 4 is 31.9 Å². The lowest BCUT2D eigenvalue weighted by Crippen LogP contribution is -2.48. The van der Waals surface area contributed by atoms with E-state index < -0.39 is 22.0 Å². The van der Waals surface area contributed by atoms with E-state index in [2.05, 4.69) is 15.9 Å². The number of rotatable bonds is 3. The number of nitrogens with zero attached hydrogens (tertiary/aromatic N) is 1. The molecule has 0 amide bonds. The molecule has 0 bridgehead atoms. The molecule has 0 saturated heterocycles. The molecule has 1 aliphatic rings. The van der Waals surface area contributed by atoms with Gasteiger partial charge in [-0.25, -0.2) is 8.42 Å². The number of methoxy groups -OCH3 is 1. The Morgan fingerprint density at radius 3 is 2.52 bits per heavy atom. The molecule has 1 aliphatic heterocycles. The average Bonchev–Trinajstić information content (AvgIpc) is 2.60. The molecule has 0 saturated carbocycles. The van der Waals surface area contributed by atoms with E-state index in [1.807, 2.05) is 0 Å². The van der Waals surface area contributed by atoms with Crippen LogP contribution in [0.1, 0.15) is 11.1 Å². The first-order chi connectivity index (χ1) is 11.8. The van der Waals surface area contributed by atoms with Gasteiger partial charge in [-0.2, -0.15) is 4.31 Å². The summed E-state index contributed by atoms with van der Waals surface area (Å²) in [7, 11) is -2.67. The van der Waals surface area contributed by atoms with Gasteiger partial charge in [-0.3, -0.25) is 4.79 Å². The second-order valence-electron chi connectivity index (χ2n) is 5.70. The van der Waals surface area contributed by atoms with Gasteiger partial charge in [-0.15, -0.1) is 0 Å². The van der Waals surface area contributed by atoms with Crippen LogP contribution in [0.2, 0.25) is 0 Å². The third kappa shape index (κ3) is 3.42. The molecule has 1 N–H and O–H groups in total. The molecule has 8 heteroatoms. The van der Waals surface area contributed by atoms with E-state index in [1.54, 1.807) is 18.2 Å². The third-order valence-corrected chi connectivity index (χ3v) is 6.57. The van der Waals surface area contributed by atoms with E-state index in [1.165, 1.54) is 31.4 Å². The van der Waals surface area contributed by atoms with Gasteiger partial charge in [-0.05, 0) is 47.5 Å². The Morgan fingerprint density at radius 2 is 1.88 bits per heavy atom. The van der Waals surface area contributed by atoms with E-state index in [0.717, 1.165) is 14.3 Å². The van der Waals surface area contributed by atoms with Crippen LogP contribution in [0, 0.1) is 0 Å². The number of aromatic hydroxyl groups is 1. The number of halogens is 1. The molecule has 0 radical (unpaired) electrons. The van der Waals surface area contributed by atoms with E-state index in [0.29, 0.717) is 5.56 Å². The Hall–Kier alpha value is -1.90. The largest absolute Gasteiger partial charge is 0.508 e. The Kier molecular flexibility index (Phi) is 4.86. The summed E-state index contributed by atoms with van der Waals surface area (Å²) in [5, 5.41) is 9.68. The van der Waals surface area contributed by atoms with Gasteiger partial charge in [0.25, 0.3) is 0 Å². The molecule has 0 fully saturated rings. The number of phenols is 1. The monoisotopic (exact) mass is 425 g/mol. The van der Waals surface area contributed by atoms with Crippen molar-refractivity contribution in [3.05, 3.63) is 58.1 Å². The number of fused-ring (bicyclic) bond motifs is 1. The molecule has 2 aromatic carbocycles. The number of phenolic OH excluding ortho intramolecular Hbond substituents is 1. The Labute approximate surface area is 154 Å². The second-order valence-corrected chi connectivity index (χ2v) is 8.51. The minimum atomic E-state index is -3.91. The van der Waals surface area contributed by atoms with E-state index in [9.17, 15) is 18.3 Å². The minimum Gasteiger partial charge on any atom is -0.508 e. The van der Waals surface area contributed by atoms with Crippen molar-refractivity contribution in [1.29, 1.82) is 0 Å². The molecule has 0 aliphatic carbocycles. The number of ether oxygens (including phenoxy) is 1. The van der Waals surface area contributed by atoms with Crippen LogP contribution in [0.15, 0.2) is 51.8 Å². The van der Waals surface area contributed by atoms with Crippen molar-refractivity contribution in [3.63, 3.8) is 0 Å². The van der Waals surface area contributed by atoms with Crippen LogP contribution in [-0.2, 0) is 32.5 Å². The lowest BCUT2D eigenvalue weighted by Gasteiger charge is -2.34. The maximum Gasteiger partial charge on any atom is 0.324 e. The Morgan fingerprint density at radius 1 is 1.20 bits per heavy atom. The topological polar surface area (TPSA) is 83.9 Å². The summed E-state index contributed by atoms with van der Waals surface area (Å²) in [6, 6.07) is 10.0. The van der Waals surface area contributed by atoms with Gasteiger partial charge in [0.05, 0.1) is 12.0 Å². The zero-order valence-electron chi connectivity index (χ0n) is 13.3. The fourth-order valence-corrected chi connectivity index (χ4v) is 4.70. The SMILES string of the molecule is COC(=O)[C@H]1Cc2ccc(O)cc2CN1S(=O)(=O)c1ccc(Br)cc1. The van der Waals surface area contributed by atoms with Crippen LogP contribution in [0.5, 0.6) is 5.75 Å². The molecule has 2 aromatic rings. The number of hydrogen-bond acceptors (Lipinski definition) is 5. The average molecular weight is 426 g/mol. The van der Waals surface area contributed by atoms with Crippen molar-refractivity contribution in [1.82, 2.24) is 4.31 Å². The fraction of sp³-hybridized carbons (Fsp3) is 0.235. The fourth-order valence-electron chi connectivity index (χ4n) is 2.88.